The Hall–Kier alpha value is -1.20. The van der Waals surface area contributed by atoms with Crippen LogP contribution in [0.25, 0.3) is 0 Å². The summed E-state index contributed by atoms with van der Waals surface area (Å²) < 4.78 is 39.1. The summed E-state index contributed by atoms with van der Waals surface area (Å²) in [6, 6.07) is 1.27. The van der Waals surface area contributed by atoms with E-state index in [9.17, 15) is 13.2 Å². The minimum atomic E-state index is -4.35. The summed E-state index contributed by atoms with van der Waals surface area (Å²) in [4.78, 5) is 0. The molecule has 0 spiro atoms. The van der Waals surface area contributed by atoms with Crippen molar-refractivity contribution in [3.8, 4) is 0 Å². The van der Waals surface area contributed by atoms with Crippen LogP contribution in [0.5, 0.6) is 0 Å². The molecule has 2 heterocycles. The van der Waals surface area contributed by atoms with Crippen molar-refractivity contribution in [2.24, 2.45) is 5.92 Å². The maximum absolute atomic E-state index is 12.5. The maximum Gasteiger partial charge on any atom is 0.435 e. The van der Waals surface area contributed by atoms with Crippen molar-refractivity contribution in [1.29, 1.82) is 0 Å². The Morgan fingerprint density at radius 3 is 2.69 bits per heavy atom. The number of alkyl halides is 3. The molecule has 1 N–H and O–H groups in total. The molecule has 0 aromatic carbocycles. The molecule has 6 heteroatoms. The molecule has 0 bridgehead atoms. The van der Waals surface area contributed by atoms with Gasteiger partial charge < -0.3 is 5.32 Å². The lowest BCUT2D eigenvalue weighted by Gasteiger charge is -2.25. The van der Waals surface area contributed by atoms with Crippen molar-refractivity contribution in [1.82, 2.24) is 9.78 Å². The molecule has 1 fully saturated rings. The first-order chi connectivity index (χ1) is 7.55. The molecule has 2 aliphatic rings. The van der Waals surface area contributed by atoms with Crippen molar-refractivity contribution in [2.45, 2.75) is 31.5 Å². The van der Waals surface area contributed by atoms with E-state index >= 15 is 0 Å². The Balaban J connectivity index is 1.97. The molecule has 3 nitrogen and oxygen atoms in total. The van der Waals surface area contributed by atoms with Gasteiger partial charge in [-0.3, -0.25) is 0 Å². The zero-order chi connectivity index (χ0) is 11.3. The lowest BCUT2D eigenvalue weighted by molar-refractivity contribution is -0.141. The van der Waals surface area contributed by atoms with E-state index < -0.39 is 11.9 Å². The number of aromatic nitrogens is 2. The van der Waals surface area contributed by atoms with E-state index in [1.54, 1.807) is 0 Å². The summed E-state index contributed by atoms with van der Waals surface area (Å²) in [6.07, 6.45) is -1.24. The topological polar surface area (TPSA) is 29.9 Å². The molecule has 1 unspecified atom stereocenters. The lowest BCUT2D eigenvalue weighted by Crippen LogP contribution is -2.24. The minimum Gasteiger partial charge on any atom is -0.370 e. The second kappa shape index (κ2) is 3.15. The smallest absolute Gasteiger partial charge is 0.370 e. The van der Waals surface area contributed by atoms with Gasteiger partial charge in [-0.25, -0.2) is 4.68 Å². The van der Waals surface area contributed by atoms with E-state index in [2.05, 4.69) is 10.4 Å². The lowest BCUT2D eigenvalue weighted by atomic mass is 10.1. The molecule has 16 heavy (non-hydrogen) atoms. The standard InChI is InChI=1S/C10H12F3N3/c11-10(12,13)8-5-9-14-4-3-7(6-1-2-6)16(9)15-8/h5-7,14H,1-4H2. The summed E-state index contributed by atoms with van der Waals surface area (Å²) in [6.45, 7) is 0.740. The second-order valence-corrected chi connectivity index (χ2v) is 4.48. The fourth-order valence-electron chi connectivity index (χ4n) is 2.30. The van der Waals surface area contributed by atoms with E-state index in [-0.39, 0.29) is 6.04 Å². The Morgan fingerprint density at radius 2 is 2.06 bits per heavy atom. The fraction of sp³-hybridized carbons (Fsp3) is 0.700. The molecule has 1 atom stereocenters. The largest absolute Gasteiger partial charge is 0.435 e. The van der Waals surface area contributed by atoms with Crippen LogP contribution in [0.3, 0.4) is 0 Å². The Labute approximate surface area is 90.6 Å². The molecule has 1 saturated carbocycles. The first-order valence-electron chi connectivity index (χ1n) is 5.46. The summed E-state index contributed by atoms with van der Waals surface area (Å²) in [5.74, 6) is 1.04. The first kappa shape index (κ1) is 9.99. The molecule has 1 aliphatic heterocycles. The molecule has 1 aromatic rings. The summed E-state index contributed by atoms with van der Waals surface area (Å²) in [5, 5.41) is 6.66. The van der Waals surface area contributed by atoms with Gasteiger partial charge in [-0.2, -0.15) is 18.3 Å². The zero-order valence-corrected chi connectivity index (χ0v) is 8.59. The van der Waals surface area contributed by atoms with Crippen LogP contribution in [-0.2, 0) is 6.18 Å². The van der Waals surface area contributed by atoms with Crippen LogP contribution in [0.1, 0.15) is 31.0 Å². The number of rotatable bonds is 1. The van der Waals surface area contributed by atoms with Crippen LogP contribution in [0.15, 0.2) is 6.07 Å². The highest BCUT2D eigenvalue weighted by Gasteiger charge is 2.40. The average Bonchev–Trinajstić information content (AvgIpc) is 2.93. The fourth-order valence-corrected chi connectivity index (χ4v) is 2.30. The van der Waals surface area contributed by atoms with Crippen molar-refractivity contribution >= 4 is 5.82 Å². The molecule has 1 aromatic heterocycles. The third-order valence-corrected chi connectivity index (χ3v) is 3.25. The molecule has 3 rings (SSSR count). The van der Waals surface area contributed by atoms with Crippen LogP contribution in [-0.4, -0.2) is 16.3 Å². The zero-order valence-electron chi connectivity index (χ0n) is 8.59. The van der Waals surface area contributed by atoms with E-state index in [1.165, 1.54) is 4.68 Å². The van der Waals surface area contributed by atoms with Gasteiger partial charge in [0.1, 0.15) is 5.82 Å². The van der Waals surface area contributed by atoms with E-state index in [0.717, 1.165) is 31.9 Å². The van der Waals surface area contributed by atoms with Crippen LogP contribution >= 0.6 is 0 Å². The third kappa shape index (κ3) is 1.56. The number of hydrogen-bond acceptors (Lipinski definition) is 2. The Kier molecular flexibility index (Phi) is 1.96. The predicted octanol–water partition coefficient (Wildman–Crippen LogP) is 2.67. The quantitative estimate of drug-likeness (QED) is 0.805. The van der Waals surface area contributed by atoms with Gasteiger partial charge in [0.25, 0.3) is 0 Å². The van der Waals surface area contributed by atoms with Gasteiger partial charge in [0.05, 0.1) is 6.04 Å². The molecule has 88 valence electrons. The van der Waals surface area contributed by atoms with Gasteiger partial charge in [0, 0.05) is 12.6 Å². The average molecular weight is 231 g/mol. The highest BCUT2D eigenvalue weighted by Crippen LogP contribution is 2.44. The normalized spacial score (nSPS) is 25.1. The van der Waals surface area contributed by atoms with Crippen LogP contribution in [0.4, 0.5) is 19.0 Å². The van der Waals surface area contributed by atoms with Crippen LogP contribution < -0.4 is 5.32 Å². The number of nitrogens with zero attached hydrogens (tertiary/aromatic N) is 2. The van der Waals surface area contributed by atoms with Gasteiger partial charge in [0.2, 0.25) is 0 Å². The molecular weight excluding hydrogens is 219 g/mol. The van der Waals surface area contributed by atoms with Gasteiger partial charge in [0.15, 0.2) is 5.69 Å². The summed E-state index contributed by atoms with van der Waals surface area (Å²) in [7, 11) is 0. The van der Waals surface area contributed by atoms with E-state index in [4.69, 9.17) is 0 Å². The highest BCUT2D eigenvalue weighted by atomic mass is 19.4. The van der Waals surface area contributed by atoms with Gasteiger partial charge in [-0.15, -0.1) is 0 Å². The monoisotopic (exact) mass is 231 g/mol. The van der Waals surface area contributed by atoms with E-state index in [0.29, 0.717) is 11.7 Å². The van der Waals surface area contributed by atoms with Crippen molar-refractivity contribution in [3.63, 3.8) is 0 Å². The highest BCUT2D eigenvalue weighted by molar-refractivity contribution is 5.40. The van der Waals surface area contributed by atoms with Crippen LogP contribution in [0, 0.1) is 5.92 Å². The maximum atomic E-state index is 12.5. The molecular formula is C10H12F3N3. The van der Waals surface area contributed by atoms with Gasteiger partial charge >= 0.3 is 6.18 Å². The summed E-state index contributed by atoms with van der Waals surface area (Å²) in [5.41, 5.74) is -0.789. The number of halogens is 3. The molecule has 0 saturated heterocycles. The van der Waals surface area contributed by atoms with Crippen molar-refractivity contribution < 1.29 is 13.2 Å². The number of fused-ring (bicyclic) bond motifs is 1. The van der Waals surface area contributed by atoms with Gasteiger partial charge in [-0.1, -0.05) is 0 Å². The minimum absolute atomic E-state index is 0.160. The van der Waals surface area contributed by atoms with Crippen molar-refractivity contribution in [3.05, 3.63) is 11.8 Å². The summed E-state index contributed by atoms with van der Waals surface area (Å²) >= 11 is 0. The number of hydrogen-bond donors (Lipinski definition) is 1. The first-order valence-corrected chi connectivity index (χ1v) is 5.46. The Morgan fingerprint density at radius 1 is 1.31 bits per heavy atom. The Bertz CT molecular complexity index is 406. The molecule has 0 amide bonds. The van der Waals surface area contributed by atoms with Crippen LogP contribution in [0.2, 0.25) is 0 Å². The van der Waals surface area contributed by atoms with E-state index in [1.807, 2.05) is 0 Å². The number of anilines is 1. The third-order valence-electron chi connectivity index (χ3n) is 3.25. The van der Waals surface area contributed by atoms with Gasteiger partial charge in [-0.05, 0) is 25.2 Å². The van der Waals surface area contributed by atoms with Crippen molar-refractivity contribution in [2.75, 3.05) is 11.9 Å². The SMILES string of the molecule is FC(F)(F)c1cc2n(n1)C(C1CC1)CCN2. The molecule has 0 radical (unpaired) electrons. The number of nitrogens with one attached hydrogen (secondary N) is 1. The predicted molar refractivity (Wildman–Crippen MR) is 52.1 cm³/mol. The molecule has 1 aliphatic carbocycles. The second-order valence-electron chi connectivity index (χ2n) is 4.48.